The third kappa shape index (κ3) is 6.78. The van der Waals surface area contributed by atoms with Crippen molar-refractivity contribution >= 4 is 6.03 Å². The molecule has 2 N–H and O–H groups in total. The maximum Gasteiger partial charge on any atom is 0.319 e. The van der Waals surface area contributed by atoms with Crippen LogP contribution in [0, 0.1) is 20.8 Å². The average molecular weight is 553 g/mol. The SMILES string of the molecule is CNCC(O)COc1cccc(-c2nc(CC[C@H]3COCCN3C(=O)N(C)C)c(C)c(-c3c(C)noc3C)n2)c1. The van der Waals surface area contributed by atoms with E-state index in [4.69, 9.17) is 24.0 Å². The molecule has 1 unspecified atom stereocenters. The molecule has 11 heteroatoms. The van der Waals surface area contributed by atoms with Gasteiger partial charge in [-0.3, -0.25) is 0 Å². The summed E-state index contributed by atoms with van der Waals surface area (Å²) in [6, 6.07) is 7.49. The van der Waals surface area contributed by atoms with Crippen molar-refractivity contribution in [3.63, 3.8) is 0 Å². The molecule has 2 amide bonds. The second-order valence-corrected chi connectivity index (χ2v) is 10.4. The van der Waals surface area contributed by atoms with Gasteiger partial charge >= 0.3 is 6.03 Å². The van der Waals surface area contributed by atoms with Crippen LogP contribution in [-0.4, -0.2) is 102 Å². The highest BCUT2D eigenvalue weighted by atomic mass is 16.5. The van der Waals surface area contributed by atoms with Crippen molar-refractivity contribution in [3.05, 3.63) is 47.0 Å². The third-order valence-corrected chi connectivity index (χ3v) is 7.06. The van der Waals surface area contributed by atoms with Gasteiger partial charge in [0.1, 0.15) is 24.2 Å². The third-order valence-electron chi connectivity index (χ3n) is 7.06. The zero-order chi connectivity index (χ0) is 28.8. The summed E-state index contributed by atoms with van der Waals surface area (Å²) >= 11 is 0. The van der Waals surface area contributed by atoms with Gasteiger partial charge in [-0.2, -0.15) is 0 Å². The van der Waals surface area contributed by atoms with Gasteiger partial charge in [0.25, 0.3) is 0 Å². The number of hydrogen-bond donors (Lipinski definition) is 2. The van der Waals surface area contributed by atoms with Gasteiger partial charge in [-0.15, -0.1) is 0 Å². The van der Waals surface area contributed by atoms with Gasteiger partial charge in [0.2, 0.25) is 0 Å². The summed E-state index contributed by atoms with van der Waals surface area (Å²) in [6.07, 6.45) is 0.713. The van der Waals surface area contributed by atoms with E-state index < -0.39 is 6.10 Å². The van der Waals surface area contributed by atoms with E-state index in [-0.39, 0.29) is 18.7 Å². The quantitative estimate of drug-likeness (QED) is 0.390. The molecule has 1 aromatic carbocycles. The largest absolute Gasteiger partial charge is 0.491 e. The predicted molar refractivity (Wildman–Crippen MR) is 151 cm³/mol. The second kappa shape index (κ2) is 13.2. The zero-order valence-corrected chi connectivity index (χ0v) is 24.2. The molecule has 0 saturated carbocycles. The fourth-order valence-electron chi connectivity index (χ4n) is 4.92. The van der Waals surface area contributed by atoms with Crippen molar-refractivity contribution in [2.75, 3.05) is 54.1 Å². The number of aryl methyl sites for hydroxylation is 3. The minimum absolute atomic E-state index is 0.0125. The minimum atomic E-state index is -0.621. The number of hydrogen-bond acceptors (Lipinski definition) is 9. The van der Waals surface area contributed by atoms with Crippen molar-refractivity contribution in [1.29, 1.82) is 0 Å². The van der Waals surface area contributed by atoms with Gasteiger partial charge < -0.3 is 34.2 Å². The summed E-state index contributed by atoms with van der Waals surface area (Å²) in [5.74, 6) is 1.86. The molecule has 1 fully saturated rings. The molecular formula is C29H40N6O5. The van der Waals surface area contributed by atoms with Crippen LogP contribution in [0.15, 0.2) is 28.8 Å². The van der Waals surface area contributed by atoms with E-state index in [0.717, 1.165) is 33.8 Å². The van der Waals surface area contributed by atoms with Crippen LogP contribution >= 0.6 is 0 Å². The lowest BCUT2D eigenvalue weighted by Crippen LogP contribution is -2.52. The standard InChI is InChI=1S/C29H40N6O5/c1-18-25(11-10-22-16-38-13-12-35(22)29(37)34(5)6)31-28(32-27(18)26-19(2)33-40-20(26)3)21-8-7-9-24(14-21)39-17-23(36)15-30-4/h7-9,14,22-23,30,36H,10-13,15-17H2,1-6H3/t22-,23?/m0/s1. The Morgan fingerprint density at radius 2 is 2.08 bits per heavy atom. The molecule has 2 atom stereocenters. The van der Waals surface area contributed by atoms with E-state index in [1.165, 1.54) is 0 Å². The van der Waals surface area contributed by atoms with Gasteiger partial charge in [-0.25, -0.2) is 14.8 Å². The Labute approximate surface area is 235 Å². The highest BCUT2D eigenvalue weighted by Crippen LogP contribution is 2.32. The van der Waals surface area contributed by atoms with E-state index in [1.807, 2.05) is 49.9 Å². The maximum absolute atomic E-state index is 12.8. The van der Waals surface area contributed by atoms with E-state index in [1.54, 1.807) is 26.0 Å². The first-order chi connectivity index (χ1) is 19.2. The number of amides is 2. The van der Waals surface area contributed by atoms with E-state index in [0.29, 0.717) is 56.5 Å². The topological polar surface area (TPSA) is 126 Å². The summed E-state index contributed by atoms with van der Waals surface area (Å²) in [4.78, 5) is 26.3. The molecule has 1 aliphatic rings. The molecule has 0 bridgehead atoms. The number of likely N-dealkylation sites (N-methyl/N-ethyl adjacent to an activating group) is 1. The molecule has 3 aromatic rings. The van der Waals surface area contributed by atoms with Crippen LogP contribution < -0.4 is 10.1 Å². The molecule has 1 saturated heterocycles. The van der Waals surface area contributed by atoms with Crippen molar-refractivity contribution in [2.45, 2.75) is 45.8 Å². The van der Waals surface area contributed by atoms with Gasteiger partial charge in [0.15, 0.2) is 5.82 Å². The zero-order valence-electron chi connectivity index (χ0n) is 24.2. The molecule has 3 heterocycles. The van der Waals surface area contributed by atoms with E-state index in [2.05, 4.69) is 10.5 Å². The Hall–Kier alpha value is -3.54. The van der Waals surface area contributed by atoms with Gasteiger partial charge in [-0.1, -0.05) is 17.3 Å². The Kier molecular flexibility index (Phi) is 9.72. The molecule has 0 aliphatic carbocycles. The number of aliphatic hydroxyl groups excluding tert-OH is 1. The number of aromatic nitrogens is 3. The lowest BCUT2D eigenvalue weighted by molar-refractivity contribution is 0.00416. The number of rotatable bonds is 10. The van der Waals surface area contributed by atoms with Crippen LogP contribution in [0.4, 0.5) is 4.79 Å². The van der Waals surface area contributed by atoms with Gasteiger partial charge in [0.05, 0.1) is 36.2 Å². The first-order valence-corrected chi connectivity index (χ1v) is 13.6. The first kappa shape index (κ1) is 29.4. The number of urea groups is 1. The summed E-state index contributed by atoms with van der Waals surface area (Å²) in [5, 5.41) is 17.1. The first-order valence-electron chi connectivity index (χ1n) is 13.6. The molecule has 1 aliphatic heterocycles. The Morgan fingerprint density at radius 3 is 2.77 bits per heavy atom. The fraction of sp³-hybridized carbons (Fsp3) is 0.517. The summed E-state index contributed by atoms with van der Waals surface area (Å²) in [5.41, 5.74) is 5.01. The number of ether oxygens (including phenoxy) is 2. The molecule has 40 heavy (non-hydrogen) atoms. The summed E-state index contributed by atoms with van der Waals surface area (Å²) < 4.78 is 17.0. The number of morpholine rings is 1. The molecule has 0 radical (unpaired) electrons. The van der Waals surface area contributed by atoms with Crippen LogP contribution in [-0.2, 0) is 11.2 Å². The lowest BCUT2D eigenvalue weighted by atomic mass is 9.99. The highest BCUT2D eigenvalue weighted by Gasteiger charge is 2.29. The number of aliphatic hydroxyl groups is 1. The summed E-state index contributed by atoms with van der Waals surface area (Å²) in [6.45, 7) is 8.00. The Morgan fingerprint density at radius 1 is 1.27 bits per heavy atom. The maximum atomic E-state index is 12.8. The van der Waals surface area contributed by atoms with E-state index >= 15 is 0 Å². The van der Waals surface area contributed by atoms with Crippen LogP contribution in [0.3, 0.4) is 0 Å². The average Bonchev–Trinajstić information content (AvgIpc) is 3.28. The highest BCUT2D eigenvalue weighted by molar-refractivity contribution is 5.74. The molecule has 216 valence electrons. The van der Waals surface area contributed by atoms with Crippen LogP contribution in [0.2, 0.25) is 0 Å². The van der Waals surface area contributed by atoms with Gasteiger partial charge in [0, 0.05) is 38.4 Å². The minimum Gasteiger partial charge on any atom is -0.491 e. The normalized spacial score (nSPS) is 16.2. The number of nitrogens with zero attached hydrogens (tertiary/aromatic N) is 5. The Balaban J connectivity index is 1.67. The van der Waals surface area contributed by atoms with E-state index in [9.17, 15) is 9.90 Å². The molecule has 2 aromatic heterocycles. The van der Waals surface area contributed by atoms with Gasteiger partial charge in [-0.05, 0) is 58.4 Å². The van der Waals surface area contributed by atoms with Crippen LogP contribution in [0.1, 0.15) is 29.1 Å². The fourth-order valence-corrected chi connectivity index (χ4v) is 4.92. The smallest absolute Gasteiger partial charge is 0.319 e. The molecular weight excluding hydrogens is 512 g/mol. The van der Waals surface area contributed by atoms with Crippen LogP contribution in [0.5, 0.6) is 5.75 Å². The van der Waals surface area contributed by atoms with Crippen molar-refractivity contribution in [3.8, 4) is 28.4 Å². The lowest BCUT2D eigenvalue weighted by Gasteiger charge is -2.37. The number of carbonyl (C=O) groups excluding carboxylic acids is 1. The number of benzene rings is 1. The molecule has 0 spiro atoms. The van der Waals surface area contributed by atoms with Crippen molar-refractivity contribution < 1.29 is 23.9 Å². The number of nitrogens with one attached hydrogen (secondary N) is 1. The van der Waals surface area contributed by atoms with Crippen LogP contribution in [0.25, 0.3) is 22.6 Å². The Bertz CT molecular complexity index is 1290. The summed E-state index contributed by atoms with van der Waals surface area (Å²) in [7, 11) is 5.32. The van der Waals surface area contributed by atoms with Crippen molar-refractivity contribution in [1.82, 2.24) is 30.2 Å². The second-order valence-electron chi connectivity index (χ2n) is 10.4. The molecule has 11 nitrogen and oxygen atoms in total. The van der Waals surface area contributed by atoms with Crippen molar-refractivity contribution in [2.24, 2.45) is 0 Å². The molecule has 4 rings (SSSR count). The predicted octanol–water partition coefficient (Wildman–Crippen LogP) is 3.00. The number of carbonyl (C=O) groups is 1. The monoisotopic (exact) mass is 552 g/mol.